The molecule has 4 heteroatoms. The zero-order valence-corrected chi connectivity index (χ0v) is 13.2. The number of nitrogens with zero attached hydrogens (tertiary/aromatic N) is 1. The van der Waals surface area contributed by atoms with E-state index in [2.05, 4.69) is 10.3 Å². The van der Waals surface area contributed by atoms with Crippen LogP contribution >= 0.6 is 0 Å². The molecule has 1 aromatic heterocycles. The molecule has 0 fully saturated rings. The first-order valence-corrected chi connectivity index (χ1v) is 7.48. The minimum atomic E-state index is -0.240. The zero-order chi connectivity index (χ0) is 16.2. The first-order chi connectivity index (χ1) is 11.1. The lowest BCUT2D eigenvalue weighted by molar-refractivity contribution is 0.0947. The summed E-state index contributed by atoms with van der Waals surface area (Å²) in [7, 11) is 0. The van der Waals surface area contributed by atoms with Crippen LogP contribution in [0.5, 0.6) is 0 Å². The third kappa shape index (κ3) is 3.48. The molecule has 0 bridgehead atoms. The second kappa shape index (κ2) is 6.48. The van der Waals surface area contributed by atoms with Crippen molar-refractivity contribution in [2.24, 2.45) is 0 Å². The van der Waals surface area contributed by atoms with Crippen LogP contribution in [0.1, 0.15) is 27.2 Å². The Bertz CT molecular complexity index is 819. The number of oxazole rings is 1. The van der Waals surface area contributed by atoms with E-state index in [1.165, 1.54) is 12.0 Å². The van der Waals surface area contributed by atoms with Crippen LogP contribution in [0.4, 0.5) is 0 Å². The van der Waals surface area contributed by atoms with Crippen molar-refractivity contribution in [3.05, 3.63) is 77.3 Å². The molecule has 2 aromatic carbocycles. The van der Waals surface area contributed by atoms with E-state index in [-0.39, 0.29) is 5.91 Å². The van der Waals surface area contributed by atoms with Gasteiger partial charge in [-0.05, 0) is 25.5 Å². The Morgan fingerprint density at radius 3 is 2.61 bits per heavy atom. The van der Waals surface area contributed by atoms with E-state index in [0.717, 1.165) is 16.7 Å². The van der Waals surface area contributed by atoms with E-state index in [1.807, 2.05) is 62.4 Å². The second-order valence-electron chi connectivity index (χ2n) is 5.57. The summed E-state index contributed by atoms with van der Waals surface area (Å²) in [6.45, 7) is 4.49. The number of benzene rings is 2. The highest BCUT2D eigenvalue weighted by molar-refractivity contribution is 5.97. The van der Waals surface area contributed by atoms with Crippen LogP contribution in [-0.2, 0) is 6.54 Å². The molecule has 0 saturated carbocycles. The molecule has 0 aliphatic rings. The number of hydrogen-bond acceptors (Lipinski definition) is 3. The van der Waals surface area contributed by atoms with Crippen molar-refractivity contribution in [1.29, 1.82) is 0 Å². The summed E-state index contributed by atoms with van der Waals surface area (Å²) >= 11 is 0. The van der Waals surface area contributed by atoms with Crippen LogP contribution < -0.4 is 5.32 Å². The summed E-state index contributed by atoms with van der Waals surface area (Å²) in [5, 5.41) is 2.88. The van der Waals surface area contributed by atoms with Crippen LogP contribution in [0.3, 0.4) is 0 Å². The fourth-order valence-corrected chi connectivity index (χ4v) is 2.37. The van der Waals surface area contributed by atoms with E-state index in [4.69, 9.17) is 4.42 Å². The minimum absolute atomic E-state index is 0.240. The van der Waals surface area contributed by atoms with Gasteiger partial charge in [0, 0.05) is 12.1 Å². The lowest BCUT2D eigenvalue weighted by atomic mass is 10.1. The molecule has 0 saturated heterocycles. The Kier molecular flexibility index (Phi) is 4.24. The third-order valence-corrected chi connectivity index (χ3v) is 3.64. The predicted octanol–water partition coefficient (Wildman–Crippen LogP) is 3.89. The van der Waals surface area contributed by atoms with Crippen molar-refractivity contribution in [2.75, 3.05) is 0 Å². The summed E-state index contributed by atoms with van der Waals surface area (Å²) in [4.78, 5) is 16.5. The fraction of sp³-hybridized carbons (Fsp3) is 0.158. The third-order valence-electron chi connectivity index (χ3n) is 3.64. The van der Waals surface area contributed by atoms with Crippen LogP contribution in [0.15, 0.2) is 59.3 Å². The molecule has 1 amide bonds. The summed E-state index contributed by atoms with van der Waals surface area (Å²) in [6.07, 6.45) is 1.30. The van der Waals surface area contributed by atoms with Gasteiger partial charge in [-0.25, -0.2) is 4.98 Å². The van der Waals surface area contributed by atoms with Gasteiger partial charge in [-0.2, -0.15) is 0 Å². The number of aromatic nitrogens is 1. The van der Waals surface area contributed by atoms with E-state index >= 15 is 0 Å². The molecule has 0 radical (unpaired) electrons. The Morgan fingerprint density at radius 2 is 1.87 bits per heavy atom. The van der Waals surface area contributed by atoms with Crippen molar-refractivity contribution >= 4 is 5.91 Å². The topological polar surface area (TPSA) is 55.1 Å². The highest BCUT2D eigenvalue weighted by Crippen LogP contribution is 2.23. The van der Waals surface area contributed by atoms with Gasteiger partial charge in [-0.3, -0.25) is 4.79 Å². The summed E-state index contributed by atoms with van der Waals surface area (Å²) in [6, 6.07) is 15.9. The van der Waals surface area contributed by atoms with Gasteiger partial charge >= 0.3 is 0 Å². The van der Waals surface area contributed by atoms with Gasteiger partial charge in [0.15, 0.2) is 17.8 Å². The Labute approximate surface area is 135 Å². The number of hydrogen-bond donors (Lipinski definition) is 1. The standard InChI is InChI=1S/C19H18N2O2/c1-13-6-8-15(9-7-13)11-20-19(22)17-18(23-12-21-17)16-5-3-4-14(2)10-16/h3-10,12H,11H2,1-2H3,(H,20,22). The molecular weight excluding hydrogens is 288 g/mol. The molecule has 116 valence electrons. The minimum Gasteiger partial charge on any atom is -0.443 e. The number of carbonyl (C=O) groups excluding carboxylic acids is 1. The number of carbonyl (C=O) groups is 1. The second-order valence-corrected chi connectivity index (χ2v) is 5.57. The highest BCUT2D eigenvalue weighted by Gasteiger charge is 2.18. The molecule has 1 heterocycles. The number of aryl methyl sites for hydroxylation is 2. The number of nitrogens with one attached hydrogen (secondary N) is 1. The zero-order valence-electron chi connectivity index (χ0n) is 13.2. The Balaban J connectivity index is 1.76. The van der Waals surface area contributed by atoms with E-state index in [9.17, 15) is 4.79 Å². The highest BCUT2D eigenvalue weighted by atomic mass is 16.3. The molecule has 1 N–H and O–H groups in total. The normalized spacial score (nSPS) is 10.5. The Hall–Kier alpha value is -2.88. The van der Waals surface area contributed by atoms with Gasteiger partial charge < -0.3 is 9.73 Å². The van der Waals surface area contributed by atoms with Crippen molar-refractivity contribution in [2.45, 2.75) is 20.4 Å². The number of rotatable bonds is 4. The molecule has 3 aromatic rings. The quantitative estimate of drug-likeness (QED) is 0.795. The SMILES string of the molecule is Cc1ccc(CNC(=O)c2ncoc2-c2cccc(C)c2)cc1. The summed E-state index contributed by atoms with van der Waals surface area (Å²) in [5.41, 5.74) is 4.50. The van der Waals surface area contributed by atoms with Crippen LogP contribution in [0, 0.1) is 13.8 Å². The molecule has 0 aliphatic heterocycles. The monoisotopic (exact) mass is 306 g/mol. The van der Waals surface area contributed by atoms with E-state index < -0.39 is 0 Å². The average molecular weight is 306 g/mol. The van der Waals surface area contributed by atoms with Crippen molar-refractivity contribution in [3.8, 4) is 11.3 Å². The predicted molar refractivity (Wildman–Crippen MR) is 89.0 cm³/mol. The van der Waals surface area contributed by atoms with Crippen molar-refractivity contribution in [1.82, 2.24) is 10.3 Å². The molecule has 4 nitrogen and oxygen atoms in total. The van der Waals surface area contributed by atoms with Gasteiger partial charge in [0.1, 0.15) is 0 Å². The maximum absolute atomic E-state index is 12.4. The molecule has 23 heavy (non-hydrogen) atoms. The van der Waals surface area contributed by atoms with E-state index in [0.29, 0.717) is 18.0 Å². The van der Waals surface area contributed by atoms with Gasteiger partial charge in [0.25, 0.3) is 5.91 Å². The molecule has 0 aliphatic carbocycles. The van der Waals surface area contributed by atoms with Gasteiger partial charge in [-0.15, -0.1) is 0 Å². The van der Waals surface area contributed by atoms with Gasteiger partial charge in [0.05, 0.1) is 0 Å². The van der Waals surface area contributed by atoms with Crippen LogP contribution in [0.2, 0.25) is 0 Å². The molecule has 0 spiro atoms. The average Bonchev–Trinajstić information content (AvgIpc) is 3.04. The van der Waals surface area contributed by atoms with Crippen molar-refractivity contribution in [3.63, 3.8) is 0 Å². The van der Waals surface area contributed by atoms with E-state index in [1.54, 1.807) is 0 Å². The molecule has 0 atom stereocenters. The number of amides is 1. The first kappa shape index (κ1) is 15.0. The largest absolute Gasteiger partial charge is 0.443 e. The maximum atomic E-state index is 12.4. The Morgan fingerprint density at radius 1 is 1.09 bits per heavy atom. The smallest absolute Gasteiger partial charge is 0.274 e. The van der Waals surface area contributed by atoms with Crippen LogP contribution in [-0.4, -0.2) is 10.9 Å². The summed E-state index contributed by atoms with van der Waals surface area (Å²) < 4.78 is 5.42. The summed E-state index contributed by atoms with van der Waals surface area (Å²) in [5.74, 6) is 0.255. The van der Waals surface area contributed by atoms with Crippen LogP contribution in [0.25, 0.3) is 11.3 Å². The fourth-order valence-electron chi connectivity index (χ4n) is 2.37. The lowest BCUT2D eigenvalue weighted by Crippen LogP contribution is -2.23. The lowest BCUT2D eigenvalue weighted by Gasteiger charge is -2.06. The first-order valence-electron chi connectivity index (χ1n) is 7.48. The maximum Gasteiger partial charge on any atom is 0.274 e. The molecule has 0 unspecified atom stereocenters. The van der Waals surface area contributed by atoms with Crippen molar-refractivity contribution < 1.29 is 9.21 Å². The van der Waals surface area contributed by atoms with Gasteiger partial charge in [-0.1, -0.05) is 53.6 Å². The molecule has 3 rings (SSSR count). The molecular formula is C19H18N2O2. The van der Waals surface area contributed by atoms with Gasteiger partial charge in [0.2, 0.25) is 0 Å².